The van der Waals surface area contributed by atoms with Gasteiger partial charge in [-0.1, -0.05) is 0 Å². The minimum Gasteiger partial charge on any atom is -0.481 e. The van der Waals surface area contributed by atoms with Gasteiger partial charge in [0.15, 0.2) is 0 Å². The van der Waals surface area contributed by atoms with Crippen molar-refractivity contribution >= 4 is 12.0 Å². The third kappa shape index (κ3) is 1.86. The van der Waals surface area contributed by atoms with Gasteiger partial charge in [-0.2, -0.15) is 4.98 Å². The number of anilines is 1. The number of nitrogens with zero attached hydrogens (tertiary/aromatic N) is 2. The van der Waals surface area contributed by atoms with Crippen molar-refractivity contribution in [2.75, 3.05) is 19.0 Å². The first kappa shape index (κ1) is 10.6. The SMILES string of the molecule is Cc1nc(N(C)C)oc1C(C)C(=O)O. The topological polar surface area (TPSA) is 66.6 Å². The molecular formula is C9H14N2O3. The predicted molar refractivity (Wildman–Crippen MR) is 51.6 cm³/mol. The molecule has 1 N–H and O–H groups in total. The van der Waals surface area contributed by atoms with E-state index in [2.05, 4.69) is 4.98 Å². The number of carbonyl (C=O) groups is 1. The molecule has 14 heavy (non-hydrogen) atoms. The predicted octanol–water partition coefficient (Wildman–Crippen LogP) is 1.24. The summed E-state index contributed by atoms with van der Waals surface area (Å²) in [5.41, 5.74) is 0.628. The van der Waals surface area contributed by atoms with Crippen LogP contribution in [0.25, 0.3) is 0 Å². The summed E-state index contributed by atoms with van der Waals surface area (Å²) in [7, 11) is 3.58. The molecule has 0 amide bonds. The first-order valence-corrected chi connectivity index (χ1v) is 4.31. The summed E-state index contributed by atoms with van der Waals surface area (Å²) in [5.74, 6) is -1.15. The number of aliphatic carboxylic acids is 1. The monoisotopic (exact) mass is 198 g/mol. The van der Waals surface area contributed by atoms with Gasteiger partial charge in [-0.15, -0.1) is 0 Å². The number of aromatic nitrogens is 1. The maximum absolute atomic E-state index is 10.7. The lowest BCUT2D eigenvalue weighted by molar-refractivity contribution is -0.138. The molecule has 0 aromatic carbocycles. The number of aryl methyl sites for hydroxylation is 1. The summed E-state index contributed by atoms with van der Waals surface area (Å²) in [5, 5.41) is 8.81. The van der Waals surface area contributed by atoms with E-state index in [9.17, 15) is 4.79 Å². The van der Waals surface area contributed by atoms with Crippen LogP contribution in [0, 0.1) is 6.92 Å². The van der Waals surface area contributed by atoms with Crippen LogP contribution in [0.5, 0.6) is 0 Å². The van der Waals surface area contributed by atoms with Crippen molar-refractivity contribution in [1.29, 1.82) is 0 Å². The number of oxazole rings is 1. The van der Waals surface area contributed by atoms with Gasteiger partial charge < -0.3 is 14.4 Å². The molecule has 0 aliphatic heterocycles. The van der Waals surface area contributed by atoms with E-state index in [-0.39, 0.29) is 0 Å². The van der Waals surface area contributed by atoms with Crippen LogP contribution in [0.3, 0.4) is 0 Å². The first-order chi connectivity index (χ1) is 6.43. The summed E-state index contributed by atoms with van der Waals surface area (Å²) in [4.78, 5) is 16.5. The van der Waals surface area contributed by atoms with E-state index in [4.69, 9.17) is 9.52 Å². The highest BCUT2D eigenvalue weighted by Crippen LogP contribution is 2.24. The smallest absolute Gasteiger partial charge is 0.313 e. The van der Waals surface area contributed by atoms with E-state index in [0.717, 1.165) is 0 Å². The standard InChI is InChI=1S/C9H14N2O3/c1-5(8(12)13)7-6(2)10-9(14-7)11(3)4/h5H,1-4H3,(H,12,13). The molecule has 1 atom stereocenters. The largest absolute Gasteiger partial charge is 0.481 e. The molecule has 5 heteroatoms. The Bertz CT molecular complexity index is 344. The molecule has 0 saturated carbocycles. The van der Waals surface area contributed by atoms with Crippen LogP contribution in [0.2, 0.25) is 0 Å². The van der Waals surface area contributed by atoms with Crippen molar-refractivity contribution in [2.45, 2.75) is 19.8 Å². The lowest BCUT2D eigenvalue weighted by atomic mass is 10.1. The molecule has 78 valence electrons. The van der Waals surface area contributed by atoms with Crippen LogP contribution in [0.4, 0.5) is 6.01 Å². The quantitative estimate of drug-likeness (QED) is 0.791. The van der Waals surface area contributed by atoms with Crippen LogP contribution in [0.15, 0.2) is 4.42 Å². The lowest BCUT2D eigenvalue weighted by Crippen LogP contribution is -2.09. The molecule has 0 aliphatic rings. The average molecular weight is 198 g/mol. The normalized spacial score (nSPS) is 12.6. The Labute approximate surface area is 82.4 Å². The van der Waals surface area contributed by atoms with E-state index in [1.54, 1.807) is 32.8 Å². The highest BCUT2D eigenvalue weighted by Gasteiger charge is 2.22. The van der Waals surface area contributed by atoms with Crippen LogP contribution in [-0.4, -0.2) is 30.2 Å². The first-order valence-electron chi connectivity index (χ1n) is 4.31. The Hall–Kier alpha value is -1.52. The number of rotatable bonds is 3. The maximum Gasteiger partial charge on any atom is 0.313 e. The Morgan fingerprint density at radius 1 is 1.57 bits per heavy atom. The molecule has 0 fully saturated rings. The Balaban J connectivity index is 3.04. The molecule has 0 bridgehead atoms. The average Bonchev–Trinajstić information content (AvgIpc) is 2.46. The van der Waals surface area contributed by atoms with E-state index < -0.39 is 11.9 Å². The molecule has 0 aliphatic carbocycles. The summed E-state index contributed by atoms with van der Waals surface area (Å²) >= 11 is 0. The van der Waals surface area contributed by atoms with Crippen molar-refractivity contribution in [3.8, 4) is 0 Å². The molecule has 1 aromatic heterocycles. The van der Waals surface area contributed by atoms with Gasteiger partial charge in [0.05, 0.1) is 5.69 Å². The molecule has 0 saturated heterocycles. The van der Waals surface area contributed by atoms with Crippen LogP contribution in [0.1, 0.15) is 24.3 Å². The van der Waals surface area contributed by atoms with Crippen LogP contribution in [-0.2, 0) is 4.79 Å². The highest BCUT2D eigenvalue weighted by atomic mass is 16.4. The zero-order valence-electron chi connectivity index (χ0n) is 8.74. The fraction of sp³-hybridized carbons (Fsp3) is 0.556. The third-order valence-corrected chi connectivity index (χ3v) is 1.97. The van der Waals surface area contributed by atoms with E-state index in [0.29, 0.717) is 17.5 Å². The summed E-state index contributed by atoms with van der Waals surface area (Å²) in [6.07, 6.45) is 0. The van der Waals surface area contributed by atoms with Gasteiger partial charge in [0.2, 0.25) is 0 Å². The zero-order valence-corrected chi connectivity index (χ0v) is 8.74. The molecule has 1 aromatic rings. The molecule has 1 unspecified atom stereocenters. The van der Waals surface area contributed by atoms with Crippen molar-refractivity contribution < 1.29 is 14.3 Å². The Morgan fingerprint density at radius 2 is 2.14 bits per heavy atom. The number of carboxylic acids is 1. The molecule has 5 nitrogen and oxygen atoms in total. The zero-order chi connectivity index (χ0) is 10.9. The summed E-state index contributed by atoms with van der Waals surface area (Å²) < 4.78 is 5.33. The second-order valence-electron chi connectivity index (χ2n) is 3.40. The third-order valence-electron chi connectivity index (χ3n) is 1.97. The molecule has 0 radical (unpaired) electrons. The van der Waals surface area contributed by atoms with Gasteiger partial charge in [-0.25, -0.2) is 0 Å². The van der Waals surface area contributed by atoms with Crippen molar-refractivity contribution in [2.24, 2.45) is 0 Å². The van der Waals surface area contributed by atoms with Crippen LogP contribution < -0.4 is 4.90 Å². The summed E-state index contributed by atoms with van der Waals surface area (Å²) in [6, 6.07) is 0.436. The highest BCUT2D eigenvalue weighted by molar-refractivity contribution is 5.75. The minimum absolute atomic E-state index is 0.418. The fourth-order valence-electron chi connectivity index (χ4n) is 1.10. The maximum atomic E-state index is 10.7. The second kappa shape index (κ2) is 3.69. The number of carboxylic acid groups (broad SMARTS) is 1. The van der Waals surface area contributed by atoms with Gasteiger partial charge in [0.1, 0.15) is 11.7 Å². The Kier molecular flexibility index (Phi) is 2.78. The van der Waals surface area contributed by atoms with E-state index >= 15 is 0 Å². The Morgan fingerprint density at radius 3 is 2.50 bits per heavy atom. The second-order valence-corrected chi connectivity index (χ2v) is 3.40. The lowest BCUT2D eigenvalue weighted by Gasteiger charge is -2.05. The molecular weight excluding hydrogens is 184 g/mol. The fourth-order valence-corrected chi connectivity index (χ4v) is 1.10. The van der Waals surface area contributed by atoms with Crippen molar-refractivity contribution in [1.82, 2.24) is 4.98 Å². The summed E-state index contributed by atoms with van der Waals surface area (Å²) in [6.45, 7) is 3.32. The number of hydrogen-bond acceptors (Lipinski definition) is 4. The molecule has 1 heterocycles. The van der Waals surface area contributed by atoms with Crippen molar-refractivity contribution in [3.05, 3.63) is 11.5 Å². The minimum atomic E-state index is -0.908. The van der Waals surface area contributed by atoms with Crippen LogP contribution >= 0.6 is 0 Å². The van der Waals surface area contributed by atoms with Gasteiger partial charge in [0.25, 0.3) is 6.01 Å². The van der Waals surface area contributed by atoms with Crippen molar-refractivity contribution in [3.63, 3.8) is 0 Å². The molecule has 0 spiro atoms. The van der Waals surface area contributed by atoms with Gasteiger partial charge in [-0.3, -0.25) is 4.79 Å². The van der Waals surface area contributed by atoms with Gasteiger partial charge in [-0.05, 0) is 13.8 Å². The molecule has 1 rings (SSSR count). The van der Waals surface area contributed by atoms with Gasteiger partial charge >= 0.3 is 5.97 Å². The van der Waals surface area contributed by atoms with E-state index in [1.165, 1.54) is 0 Å². The van der Waals surface area contributed by atoms with E-state index in [1.807, 2.05) is 0 Å². The number of hydrogen-bond donors (Lipinski definition) is 1. The van der Waals surface area contributed by atoms with Gasteiger partial charge in [0, 0.05) is 14.1 Å².